The van der Waals surface area contributed by atoms with E-state index in [9.17, 15) is 5.11 Å². The molecule has 0 bridgehead atoms. The number of nitrogens with one attached hydrogen (secondary N) is 1. The Morgan fingerprint density at radius 1 is 1.41 bits per heavy atom. The van der Waals surface area contributed by atoms with Crippen molar-refractivity contribution in [3.63, 3.8) is 0 Å². The quantitative estimate of drug-likeness (QED) is 0.781. The van der Waals surface area contributed by atoms with Crippen molar-refractivity contribution >= 4 is 5.82 Å². The Labute approximate surface area is 99.3 Å². The fraction of sp³-hybridized carbons (Fsp3) is 0.545. The number of ether oxygens (including phenoxy) is 1. The second-order valence-electron chi connectivity index (χ2n) is 4.06. The molecule has 2 heterocycles. The number of anilines is 1. The van der Waals surface area contributed by atoms with Crippen molar-refractivity contribution in [2.45, 2.75) is 18.4 Å². The molecule has 1 aromatic heterocycles. The highest BCUT2D eigenvalue weighted by Gasteiger charge is 2.29. The van der Waals surface area contributed by atoms with E-state index in [0.717, 1.165) is 0 Å². The highest BCUT2D eigenvalue weighted by Crippen LogP contribution is 2.21. The van der Waals surface area contributed by atoms with Gasteiger partial charge in [-0.05, 0) is 0 Å². The summed E-state index contributed by atoms with van der Waals surface area (Å²) in [5.74, 6) is 0.412. The van der Waals surface area contributed by atoms with E-state index in [-0.39, 0.29) is 5.69 Å². The van der Waals surface area contributed by atoms with E-state index in [1.807, 2.05) is 6.07 Å². The van der Waals surface area contributed by atoms with Crippen molar-refractivity contribution in [2.75, 3.05) is 25.1 Å². The van der Waals surface area contributed by atoms with Gasteiger partial charge in [-0.3, -0.25) is 0 Å². The van der Waals surface area contributed by atoms with Gasteiger partial charge in [0.05, 0.1) is 5.60 Å². The van der Waals surface area contributed by atoms with Crippen LogP contribution in [0.2, 0.25) is 0 Å². The highest BCUT2D eigenvalue weighted by molar-refractivity contribution is 5.46. The molecule has 0 amide bonds. The van der Waals surface area contributed by atoms with E-state index >= 15 is 0 Å². The minimum absolute atomic E-state index is 0.239. The van der Waals surface area contributed by atoms with Gasteiger partial charge in [0.25, 0.3) is 0 Å². The summed E-state index contributed by atoms with van der Waals surface area (Å²) < 4.78 is 5.19. The molecule has 0 aliphatic carbocycles. The van der Waals surface area contributed by atoms with Gasteiger partial charge < -0.3 is 15.2 Å². The molecule has 2 rings (SSSR count). The summed E-state index contributed by atoms with van der Waals surface area (Å²) in [6.07, 6.45) is 4.15. The van der Waals surface area contributed by atoms with Crippen LogP contribution in [0.25, 0.3) is 0 Å². The third-order valence-electron chi connectivity index (χ3n) is 2.81. The first-order valence-electron chi connectivity index (χ1n) is 5.49. The summed E-state index contributed by atoms with van der Waals surface area (Å²) in [6, 6.07) is 1.95. The van der Waals surface area contributed by atoms with Crippen LogP contribution >= 0.6 is 0 Å². The summed E-state index contributed by atoms with van der Waals surface area (Å²) in [7, 11) is 0. The first-order chi connectivity index (χ1) is 8.23. The molecule has 17 heavy (non-hydrogen) atoms. The molecule has 0 spiro atoms. The lowest BCUT2D eigenvalue weighted by Crippen LogP contribution is -2.42. The number of nitrogens with zero attached hydrogens (tertiary/aromatic N) is 3. The Balaban J connectivity index is 2.00. The summed E-state index contributed by atoms with van der Waals surface area (Å²) >= 11 is 0. The Bertz CT molecular complexity index is 424. The molecule has 0 radical (unpaired) electrons. The zero-order valence-corrected chi connectivity index (χ0v) is 9.39. The molecule has 1 fully saturated rings. The number of nitriles is 1. The van der Waals surface area contributed by atoms with Crippen molar-refractivity contribution in [1.82, 2.24) is 9.97 Å². The number of aliphatic hydroxyl groups is 1. The molecule has 6 nitrogen and oxygen atoms in total. The zero-order chi connectivity index (χ0) is 12.1. The van der Waals surface area contributed by atoms with Crippen molar-refractivity contribution in [3.05, 3.63) is 18.1 Å². The Morgan fingerprint density at radius 2 is 2.12 bits per heavy atom. The van der Waals surface area contributed by atoms with Crippen LogP contribution in [-0.2, 0) is 4.74 Å². The molecule has 0 unspecified atom stereocenters. The van der Waals surface area contributed by atoms with E-state index < -0.39 is 5.60 Å². The Hall–Kier alpha value is -1.71. The van der Waals surface area contributed by atoms with Crippen LogP contribution in [0, 0.1) is 11.3 Å². The second-order valence-corrected chi connectivity index (χ2v) is 4.06. The van der Waals surface area contributed by atoms with Gasteiger partial charge in [-0.2, -0.15) is 5.26 Å². The first kappa shape index (κ1) is 11.8. The lowest BCUT2D eigenvalue weighted by atomic mass is 9.94. The standard InChI is InChI=1S/C11H14N4O2/c12-7-9-10(14-4-3-13-9)15-8-11(16)1-5-17-6-2-11/h3-4,16H,1-2,5-6,8H2,(H,14,15). The second kappa shape index (κ2) is 5.08. The van der Waals surface area contributed by atoms with Gasteiger partial charge in [0.15, 0.2) is 11.5 Å². The summed E-state index contributed by atoms with van der Waals surface area (Å²) in [6.45, 7) is 1.47. The number of hydrogen-bond donors (Lipinski definition) is 2. The first-order valence-corrected chi connectivity index (χ1v) is 5.49. The third kappa shape index (κ3) is 2.90. The van der Waals surface area contributed by atoms with Crippen molar-refractivity contribution in [3.8, 4) is 6.07 Å². The normalized spacial score (nSPS) is 18.4. The molecular formula is C11H14N4O2. The fourth-order valence-corrected chi connectivity index (χ4v) is 1.73. The fourth-order valence-electron chi connectivity index (χ4n) is 1.73. The average Bonchev–Trinajstić information content (AvgIpc) is 2.38. The number of hydrogen-bond acceptors (Lipinski definition) is 6. The molecule has 0 saturated carbocycles. The van der Waals surface area contributed by atoms with Crippen LogP contribution in [0.3, 0.4) is 0 Å². The van der Waals surface area contributed by atoms with E-state index in [2.05, 4.69) is 15.3 Å². The molecule has 6 heteroatoms. The molecule has 1 saturated heterocycles. The predicted molar refractivity (Wildman–Crippen MR) is 60.2 cm³/mol. The lowest BCUT2D eigenvalue weighted by Gasteiger charge is -2.32. The molecule has 0 aromatic carbocycles. The van der Waals surface area contributed by atoms with Gasteiger partial charge in [0.2, 0.25) is 0 Å². The highest BCUT2D eigenvalue weighted by atomic mass is 16.5. The summed E-state index contributed by atoms with van der Waals surface area (Å²) in [5.41, 5.74) is -0.550. The average molecular weight is 234 g/mol. The van der Waals surface area contributed by atoms with Crippen LogP contribution in [0.5, 0.6) is 0 Å². The van der Waals surface area contributed by atoms with Gasteiger partial charge in [-0.1, -0.05) is 0 Å². The largest absolute Gasteiger partial charge is 0.388 e. The third-order valence-corrected chi connectivity index (χ3v) is 2.81. The number of aromatic nitrogens is 2. The Morgan fingerprint density at radius 3 is 2.82 bits per heavy atom. The molecule has 90 valence electrons. The van der Waals surface area contributed by atoms with E-state index in [1.165, 1.54) is 12.4 Å². The monoisotopic (exact) mass is 234 g/mol. The Kier molecular flexibility index (Phi) is 3.52. The van der Waals surface area contributed by atoms with Crippen molar-refractivity contribution in [2.24, 2.45) is 0 Å². The van der Waals surface area contributed by atoms with Gasteiger partial charge >= 0.3 is 0 Å². The maximum absolute atomic E-state index is 10.2. The van der Waals surface area contributed by atoms with Gasteiger partial charge in [-0.25, -0.2) is 9.97 Å². The van der Waals surface area contributed by atoms with Crippen LogP contribution in [0.1, 0.15) is 18.5 Å². The topological polar surface area (TPSA) is 91.1 Å². The maximum Gasteiger partial charge on any atom is 0.182 e. The van der Waals surface area contributed by atoms with Crippen molar-refractivity contribution in [1.29, 1.82) is 5.26 Å². The molecule has 2 N–H and O–H groups in total. The lowest BCUT2D eigenvalue weighted by molar-refractivity contribution is -0.0543. The summed E-state index contributed by atoms with van der Waals surface area (Å²) in [4.78, 5) is 7.92. The maximum atomic E-state index is 10.2. The minimum atomic E-state index is -0.789. The zero-order valence-electron chi connectivity index (χ0n) is 9.39. The SMILES string of the molecule is N#Cc1nccnc1NCC1(O)CCOCC1. The predicted octanol–water partition coefficient (Wildman–Crippen LogP) is 0.302. The molecule has 0 atom stereocenters. The van der Waals surface area contributed by atoms with Crippen LogP contribution in [-0.4, -0.2) is 40.4 Å². The molecule has 1 aliphatic rings. The number of rotatable bonds is 3. The van der Waals surface area contributed by atoms with Crippen molar-refractivity contribution < 1.29 is 9.84 Å². The van der Waals surface area contributed by atoms with Crippen LogP contribution < -0.4 is 5.32 Å². The van der Waals surface area contributed by atoms with Crippen LogP contribution in [0.15, 0.2) is 12.4 Å². The van der Waals surface area contributed by atoms with E-state index in [0.29, 0.717) is 38.4 Å². The van der Waals surface area contributed by atoms with E-state index in [1.54, 1.807) is 0 Å². The smallest absolute Gasteiger partial charge is 0.182 e. The van der Waals surface area contributed by atoms with Gasteiger partial charge in [-0.15, -0.1) is 0 Å². The van der Waals surface area contributed by atoms with Crippen LogP contribution in [0.4, 0.5) is 5.82 Å². The minimum Gasteiger partial charge on any atom is -0.388 e. The van der Waals surface area contributed by atoms with E-state index in [4.69, 9.17) is 10.00 Å². The van der Waals surface area contributed by atoms with Gasteiger partial charge in [0.1, 0.15) is 6.07 Å². The van der Waals surface area contributed by atoms with Gasteiger partial charge in [0, 0.05) is 45.0 Å². The summed E-state index contributed by atoms with van der Waals surface area (Å²) in [5, 5.41) is 22.0. The molecular weight excluding hydrogens is 220 g/mol. The molecule has 1 aromatic rings. The molecule has 1 aliphatic heterocycles.